The van der Waals surface area contributed by atoms with Gasteiger partial charge in [-0.15, -0.1) is 0 Å². The number of amides is 1. The Morgan fingerprint density at radius 3 is 2.61 bits per heavy atom. The minimum Gasteiger partial charge on any atom is -0.462 e. The van der Waals surface area contributed by atoms with Gasteiger partial charge < -0.3 is 10.1 Å². The van der Waals surface area contributed by atoms with Gasteiger partial charge in [-0.1, -0.05) is 13.8 Å². The second-order valence-corrected chi connectivity index (χ2v) is 6.37. The highest BCUT2D eigenvalue weighted by Gasteiger charge is 2.17. The van der Waals surface area contributed by atoms with Crippen LogP contribution in [0.15, 0.2) is 35.5 Å². The molecule has 1 aromatic carbocycles. The van der Waals surface area contributed by atoms with Gasteiger partial charge in [0.2, 0.25) is 5.91 Å². The lowest BCUT2D eigenvalue weighted by Gasteiger charge is -2.13. The number of aromatic nitrogens is 3. The number of benzene rings is 1. The highest BCUT2D eigenvalue weighted by Crippen LogP contribution is 2.21. The number of rotatable bonds is 6. The molecule has 146 valence electrons. The average Bonchev–Trinajstić information content (AvgIpc) is 2.69. The van der Waals surface area contributed by atoms with Crippen molar-refractivity contribution in [3.05, 3.63) is 46.6 Å². The number of hydrogen-bond donors (Lipinski definition) is 1. The van der Waals surface area contributed by atoms with Crippen molar-refractivity contribution < 1.29 is 14.3 Å². The van der Waals surface area contributed by atoms with Crippen LogP contribution >= 0.6 is 0 Å². The predicted molar refractivity (Wildman–Crippen MR) is 105 cm³/mol. The summed E-state index contributed by atoms with van der Waals surface area (Å²) in [5, 5.41) is 3.50. The molecule has 0 saturated carbocycles. The SMILES string of the molecule is CCOC(=O)c1cnc2c3cc(NC(=O)C(CC)CC)ccc3ncn2c1=O. The first-order chi connectivity index (χ1) is 13.5. The lowest BCUT2D eigenvalue weighted by molar-refractivity contribution is -0.120. The lowest BCUT2D eigenvalue weighted by atomic mass is 10.0. The quantitative estimate of drug-likeness (QED) is 0.519. The molecule has 8 heteroatoms. The number of fused-ring (bicyclic) bond motifs is 3. The van der Waals surface area contributed by atoms with Crippen LogP contribution in [0.2, 0.25) is 0 Å². The molecule has 0 aliphatic carbocycles. The summed E-state index contributed by atoms with van der Waals surface area (Å²) in [6, 6.07) is 5.24. The molecule has 0 atom stereocenters. The summed E-state index contributed by atoms with van der Waals surface area (Å²) in [4.78, 5) is 45.4. The standard InChI is InChI=1S/C20H22N4O4/c1-4-12(5-2)18(25)23-13-7-8-16-14(9-13)17-21-10-15(20(27)28-6-3)19(26)24(17)11-22-16/h7-12H,4-6H2,1-3H3,(H,23,25). The third-order valence-corrected chi connectivity index (χ3v) is 4.66. The molecule has 28 heavy (non-hydrogen) atoms. The Kier molecular flexibility index (Phi) is 5.67. The lowest BCUT2D eigenvalue weighted by Crippen LogP contribution is -2.24. The monoisotopic (exact) mass is 382 g/mol. The van der Waals surface area contributed by atoms with Crippen LogP contribution in [-0.2, 0) is 9.53 Å². The summed E-state index contributed by atoms with van der Waals surface area (Å²) >= 11 is 0. The van der Waals surface area contributed by atoms with Crippen LogP contribution in [0.4, 0.5) is 5.69 Å². The summed E-state index contributed by atoms with van der Waals surface area (Å²) in [7, 11) is 0. The van der Waals surface area contributed by atoms with Crippen LogP contribution in [0.25, 0.3) is 16.6 Å². The maximum atomic E-state index is 12.6. The van der Waals surface area contributed by atoms with Gasteiger partial charge in [0.25, 0.3) is 5.56 Å². The molecule has 2 heterocycles. The molecule has 0 spiro atoms. The number of ether oxygens (including phenoxy) is 1. The summed E-state index contributed by atoms with van der Waals surface area (Å²) < 4.78 is 6.10. The molecule has 8 nitrogen and oxygen atoms in total. The van der Waals surface area contributed by atoms with Crippen molar-refractivity contribution in [1.82, 2.24) is 14.4 Å². The Labute approximate surface area is 161 Å². The van der Waals surface area contributed by atoms with E-state index in [0.29, 0.717) is 22.2 Å². The first kappa shape index (κ1) is 19.5. The second kappa shape index (κ2) is 8.16. The van der Waals surface area contributed by atoms with E-state index in [1.165, 1.54) is 16.9 Å². The van der Waals surface area contributed by atoms with Gasteiger partial charge in [-0.05, 0) is 38.0 Å². The summed E-state index contributed by atoms with van der Waals surface area (Å²) in [6.07, 6.45) is 4.06. The van der Waals surface area contributed by atoms with Gasteiger partial charge in [-0.25, -0.2) is 19.2 Å². The molecule has 3 aromatic rings. The van der Waals surface area contributed by atoms with Gasteiger partial charge in [-0.3, -0.25) is 9.59 Å². The number of nitrogens with one attached hydrogen (secondary N) is 1. The van der Waals surface area contributed by atoms with Crippen molar-refractivity contribution >= 4 is 34.1 Å². The summed E-state index contributed by atoms with van der Waals surface area (Å²) in [5.74, 6) is -0.831. The van der Waals surface area contributed by atoms with Crippen LogP contribution < -0.4 is 10.9 Å². The third-order valence-electron chi connectivity index (χ3n) is 4.66. The smallest absolute Gasteiger partial charge is 0.345 e. The Morgan fingerprint density at radius 2 is 1.93 bits per heavy atom. The van der Waals surface area contributed by atoms with E-state index >= 15 is 0 Å². The van der Waals surface area contributed by atoms with Crippen LogP contribution in [0.5, 0.6) is 0 Å². The average molecular weight is 382 g/mol. The van der Waals surface area contributed by atoms with E-state index in [-0.39, 0.29) is 24.0 Å². The molecular weight excluding hydrogens is 360 g/mol. The van der Waals surface area contributed by atoms with Gasteiger partial charge in [0, 0.05) is 23.2 Å². The van der Waals surface area contributed by atoms with Crippen LogP contribution in [0.1, 0.15) is 44.0 Å². The Balaban J connectivity index is 2.08. The molecule has 1 N–H and O–H groups in total. The Bertz CT molecular complexity index is 1100. The van der Waals surface area contributed by atoms with E-state index in [4.69, 9.17) is 4.74 Å². The van der Waals surface area contributed by atoms with E-state index < -0.39 is 11.5 Å². The van der Waals surface area contributed by atoms with Crippen LogP contribution in [0, 0.1) is 5.92 Å². The van der Waals surface area contributed by atoms with Crippen molar-refractivity contribution in [3.8, 4) is 0 Å². The molecule has 0 bridgehead atoms. The molecule has 1 amide bonds. The number of hydrogen-bond acceptors (Lipinski definition) is 6. The third kappa shape index (κ3) is 3.58. The zero-order valence-electron chi connectivity index (χ0n) is 16.1. The molecule has 0 fully saturated rings. The Hall–Kier alpha value is -3.29. The van der Waals surface area contributed by atoms with Crippen molar-refractivity contribution in [2.24, 2.45) is 5.92 Å². The second-order valence-electron chi connectivity index (χ2n) is 6.37. The number of esters is 1. The summed E-state index contributed by atoms with van der Waals surface area (Å²) in [5.41, 5.74) is 0.865. The molecule has 0 saturated heterocycles. The first-order valence-corrected chi connectivity index (χ1v) is 9.28. The van der Waals surface area contributed by atoms with E-state index in [0.717, 1.165) is 12.8 Å². The number of anilines is 1. The van der Waals surface area contributed by atoms with Crippen molar-refractivity contribution in [1.29, 1.82) is 0 Å². The zero-order valence-corrected chi connectivity index (χ0v) is 16.1. The van der Waals surface area contributed by atoms with E-state index in [1.54, 1.807) is 25.1 Å². The summed E-state index contributed by atoms with van der Waals surface area (Å²) in [6.45, 7) is 5.78. The van der Waals surface area contributed by atoms with Gasteiger partial charge >= 0.3 is 5.97 Å². The maximum absolute atomic E-state index is 12.6. The minimum atomic E-state index is -0.722. The van der Waals surface area contributed by atoms with Crippen molar-refractivity contribution in [2.45, 2.75) is 33.6 Å². The van der Waals surface area contributed by atoms with Crippen molar-refractivity contribution in [3.63, 3.8) is 0 Å². The zero-order chi connectivity index (χ0) is 20.3. The predicted octanol–water partition coefficient (Wildman–Crippen LogP) is 2.79. The van der Waals surface area contributed by atoms with Gasteiger partial charge in [0.05, 0.1) is 12.1 Å². The van der Waals surface area contributed by atoms with E-state index in [2.05, 4.69) is 15.3 Å². The van der Waals surface area contributed by atoms with E-state index in [9.17, 15) is 14.4 Å². The van der Waals surface area contributed by atoms with Crippen LogP contribution in [0.3, 0.4) is 0 Å². The fourth-order valence-electron chi connectivity index (χ4n) is 3.05. The fourth-order valence-corrected chi connectivity index (χ4v) is 3.05. The molecule has 0 aliphatic heterocycles. The number of carbonyl (C=O) groups excluding carboxylic acids is 2. The fraction of sp³-hybridized carbons (Fsp3) is 0.350. The highest BCUT2D eigenvalue weighted by molar-refractivity contribution is 5.98. The number of nitrogens with zero attached hydrogens (tertiary/aromatic N) is 3. The molecule has 0 aliphatic rings. The maximum Gasteiger partial charge on any atom is 0.345 e. The molecule has 0 unspecified atom stereocenters. The number of carbonyl (C=O) groups is 2. The van der Waals surface area contributed by atoms with Crippen LogP contribution in [-0.4, -0.2) is 32.9 Å². The topological polar surface area (TPSA) is 103 Å². The normalized spacial score (nSPS) is 11.1. The van der Waals surface area contributed by atoms with E-state index in [1.807, 2.05) is 13.8 Å². The molecule has 0 radical (unpaired) electrons. The molecule has 2 aromatic heterocycles. The van der Waals surface area contributed by atoms with Gasteiger partial charge in [0.1, 0.15) is 17.5 Å². The highest BCUT2D eigenvalue weighted by atomic mass is 16.5. The molecule has 3 rings (SSSR count). The molecular formula is C20H22N4O4. The van der Waals surface area contributed by atoms with Crippen molar-refractivity contribution in [2.75, 3.05) is 11.9 Å². The van der Waals surface area contributed by atoms with Gasteiger partial charge in [0.15, 0.2) is 0 Å². The Morgan fingerprint density at radius 1 is 1.18 bits per heavy atom. The van der Waals surface area contributed by atoms with Gasteiger partial charge in [-0.2, -0.15) is 0 Å². The largest absolute Gasteiger partial charge is 0.462 e. The first-order valence-electron chi connectivity index (χ1n) is 9.28. The minimum absolute atomic E-state index is 0.0488.